The van der Waals surface area contributed by atoms with Crippen molar-refractivity contribution in [1.29, 1.82) is 0 Å². The van der Waals surface area contributed by atoms with Gasteiger partial charge in [0.1, 0.15) is 0 Å². The van der Waals surface area contributed by atoms with E-state index in [1.807, 2.05) is 6.08 Å². The fourth-order valence-corrected chi connectivity index (χ4v) is 1.47. The first-order valence-electron chi connectivity index (χ1n) is 3.65. The van der Waals surface area contributed by atoms with Gasteiger partial charge in [-0.05, 0) is 29.5 Å². The fraction of sp³-hybridized carbons (Fsp3) is 0.200. The maximum atomic E-state index is 3.77. The molecule has 0 heterocycles. The Morgan fingerprint density at radius 1 is 1.30 bits per heavy atom. The molecule has 0 aromatic heterocycles. The van der Waals surface area contributed by atoms with Crippen LogP contribution in [0, 0.1) is 0 Å². The molecule has 0 atom stereocenters. The lowest BCUT2D eigenvalue weighted by Gasteiger charge is -2.20. The Morgan fingerprint density at radius 2 is 2.20 bits per heavy atom. The van der Waals surface area contributed by atoms with Gasteiger partial charge in [-0.2, -0.15) is 0 Å². The van der Waals surface area contributed by atoms with Crippen LogP contribution in [-0.4, -0.2) is 0 Å². The van der Waals surface area contributed by atoms with E-state index in [4.69, 9.17) is 0 Å². The van der Waals surface area contributed by atoms with Crippen molar-refractivity contribution in [3.8, 4) is 0 Å². The molecule has 1 aromatic carbocycles. The van der Waals surface area contributed by atoms with Crippen LogP contribution in [0.4, 0.5) is 0 Å². The van der Waals surface area contributed by atoms with E-state index in [1.165, 1.54) is 29.5 Å². The summed E-state index contributed by atoms with van der Waals surface area (Å²) < 4.78 is 0. The van der Waals surface area contributed by atoms with Crippen LogP contribution in [0.2, 0.25) is 0 Å². The number of aryl methyl sites for hydroxylation is 1. The van der Waals surface area contributed by atoms with Gasteiger partial charge in [0.2, 0.25) is 0 Å². The largest absolute Gasteiger partial charge is 0.0985 e. The number of benzene rings is 1. The van der Waals surface area contributed by atoms with Crippen LogP contribution >= 0.6 is 0 Å². The quantitative estimate of drug-likeness (QED) is 0.547. The maximum absolute atomic E-state index is 3.77. The topological polar surface area (TPSA) is 0 Å². The third-order valence-corrected chi connectivity index (χ3v) is 2.17. The summed E-state index contributed by atoms with van der Waals surface area (Å²) in [5.41, 5.74) is 4.35. The molecule has 0 saturated carbocycles. The number of hydrogen-bond acceptors (Lipinski definition) is 0. The molecule has 1 aliphatic carbocycles. The Morgan fingerprint density at radius 3 is 2.70 bits per heavy atom. The fourth-order valence-electron chi connectivity index (χ4n) is 1.47. The second-order valence-corrected chi connectivity index (χ2v) is 2.69. The molecule has 0 unspecified atom stereocenters. The van der Waals surface area contributed by atoms with Gasteiger partial charge in [0, 0.05) is 0 Å². The Hall–Kier alpha value is -1.04. The minimum absolute atomic E-state index is 1.25. The summed E-state index contributed by atoms with van der Waals surface area (Å²) >= 11 is 0. The molecule has 0 fully saturated rings. The third kappa shape index (κ3) is 0.621. The number of rotatable bonds is 1. The molecule has 0 amide bonds. The van der Waals surface area contributed by atoms with Crippen LogP contribution in [0.15, 0.2) is 24.8 Å². The molecule has 0 nitrogen and oxygen atoms in total. The second kappa shape index (κ2) is 1.98. The standard InChI is InChI=1S/C10H10/c1-2-8-4-3-5-9-6-7-10(8)9/h2-5H,1,6-7H2. The maximum Gasteiger partial charge on any atom is -0.0228 e. The zero-order valence-corrected chi connectivity index (χ0v) is 5.93. The van der Waals surface area contributed by atoms with Gasteiger partial charge in [0.25, 0.3) is 0 Å². The van der Waals surface area contributed by atoms with E-state index in [0.717, 1.165) is 0 Å². The molecule has 0 spiro atoms. The van der Waals surface area contributed by atoms with E-state index in [9.17, 15) is 0 Å². The van der Waals surface area contributed by atoms with Crippen LogP contribution in [0.5, 0.6) is 0 Å². The Labute approximate surface area is 61.2 Å². The molecule has 0 aliphatic heterocycles. The zero-order valence-electron chi connectivity index (χ0n) is 5.93. The van der Waals surface area contributed by atoms with Crippen LogP contribution in [-0.2, 0) is 12.8 Å². The normalized spacial score (nSPS) is 13.6. The van der Waals surface area contributed by atoms with Crippen molar-refractivity contribution in [3.63, 3.8) is 0 Å². The molecule has 0 heteroatoms. The summed E-state index contributed by atoms with van der Waals surface area (Å²) in [5, 5.41) is 0. The SMILES string of the molecule is C=Cc1cccc2c1CC2. The minimum atomic E-state index is 1.25. The Bertz CT molecular complexity index is 271. The van der Waals surface area contributed by atoms with Crippen LogP contribution < -0.4 is 0 Å². The first kappa shape index (κ1) is 5.72. The van der Waals surface area contributed by atoms with Gasteiger partial charge in [-0.25, -0.2) is 0 Å². The monoisotopic (exact) mass is 130 g/mol. The van der Waals surface area contributed by atoms with Gasteiger partial charge in [-0.1, -0.05) is 30.9 Å². The predicted molar refractivity (Wildman–Crippen MR) is 43.9 cm³/mol. The highest BCUT2D eigenvalue weighted by molar-refractivity contribution is 5.57. The lowest BCUT2D eigenvalue weighted by Crippen LogP contribution is -2.09. The highest BCUT2D eigenvalue weighted by Gasteiger charge is 2.13. The van der Waals surface area contributed by atoms with Gasteiger partial charge in [-0.15, -0.1) is 0 Å². The smallest absolute Gasteiger partial charge is 0.0228 e. The van der Waals surface area contributed by atoms with Crippen molar-refractivity contribution in [3.05, 3.63) is 41.5 Å². The van der Waals surface area contributed by atoms with Crippen molar-refractivity contribution < 1.29 is 0 Å². The molecule has 0 N–H and O–H groups in total. The van der Waals surface area contributed by atoms with Crippen LogP contribution in [0.3, 0.4) is 0 Å². The number of hydrogen-bond donors (Lipinski definition) is 0. The van der Waals surface area contributed by atoms with E-state index in [0.29, 0.717) is 0 Å². The van der Waals surface area contributed by atoms with Crippen molar-refractivity contribution in [1.82, 2.24) is 0 Å². The molecule has 2 rings (SSSR count). The summed E-state index contributed by atoms with van der Waals surface area (Å²) in [7, 11) is 0. The van der Waals surface area contributed by atoms with Crippen LogP contribution in [0.1, 0.15) is 16.7 Å². The molecule has 1 aliphatic rings. The van der Waals surface area contributed by atoms with E-state index >= 15 is 0 Å². The Kier molecular flexibility index (Phi) is 1.13. The lowest BCUT2D eigenvalue weighted by molar-refractivity contribution is 0.836. The minimum Gasteiger partial charge on any atom is -0.0985 e. The summed E-state index contributed by atoms with van der Waals surface area (Å²) in [6.45, 7) is 3.77. The highest BCUT2D eigenvalue weighted by atomic mass is 14.2. The average Bonchev–Trinajstić information content (AvgIpc) is 1.91. The summed E-state index contributed by atoms with van der Waals surface area (Å²) in [4.78, 5) is 0. The van der Waals surface area contributed by atoms with Gasteiger partial charge < -0.3 is 0 Å². The van der Waals surface area contributed by atoms with Gasteiger partial charge in [0.05, 0.1) is 0 Å². The molecule has 1 aromatic rings. The van der Waals surface area contributed by atoms with E-state index in [1.54, 1.807) is 0 Å². The molecule has 0 saturated heterocycles. The molecule has 10 heavy (non-hydrogen) atoms. The van der Waals surface area contributed by atoms with Crippen molar-refractivity contribution >= 4 is 6.08 Å². The number of fused-ring (bicyclic) bond motifs is 1. The first-order valence-corrected chi connectivity index (χ1v) is 3.65. The lowest BCUT2D eigenvalue weighted by atomic mass is 9.85. The summed E-state index contributed by atoms with van der Waals surface area (Å²) in [6.07, 6.45) is 4.45. The molecular formula is C10H10. The van der Waals surface area contributed by atoms with E-state index < -0.39 is 0 Å². The molecule has 0 bridgehead atoms. The zero-order chi connectivity index (χ0) is 6.97. The first-order chi connectivity index (χ1) is 4.92. The summed E-state index contributed by atoms with van der Waals surface area (Å²) in [5.74, 6) is 0. The predicted octanol–water partition coefficient (Wildman–Crippen LogP) is 2.43. The Balaban J connectivity index is 2.60. The molecule has 0 radical (unpaired) electrons. The average molecular weight is 130 g/mol. The molecule has 50 valence electrons. The van der Waals surface area contributed by atoms with Crippen LogP contribution in [0.25, 0.3) is 6.08 Å². The van der Waals surface area contributed by atoms with Crippen molar-refractivity contribution in [2.45, 2.75) is 12.8 Å². The van der Waals surface area contributed by atoms with Crippen molar-refractivity contribution in [2.24, 2.45) is 0 Å². The third-order valence-electron chi connectivity index (χ3n) is 2.17. The van der Waals surface area contributed by atoms with E-state index in [2.05, 4.69) is 24.8 Å². The van der Waals surface area contributed by atoms with Gasteiger partial charge in [0.15, 0.2) is 0 Å². The van der Waals surface area contributed by atoms with E-state index in [-0.39, 0.29) is 0 Å². The van der Waals surface area contributed by atoms with Gasteiger partial charge >= 0.3 is 0 Å². The second-order valence-electron chi connectivity index (χ2n) is 2.69. The summed E-state index contributed by atoms with van der Waals surface area (Å²) in [6, 6.07) is 6.44. The molecular weight excluding hydrogens is 120 g/mol. The van der Waals surface area contributed by atoms with Gasteiger partial charge in [-0.3, -0.25) is 0 Å². The highest BCUT2D eigenvalue weighted by Crippen LogP contribution is 2.26. The van der Waals surface area contributed by atoms with Crippen molar-refractivity contribution in [2.75, 3.05) is 0 Å².